The van der Waals surface area contributed by atoms with Crippen LogP contribution < -0.4 is 15.1 Å². The van der Waals surface area contributed by atoms with Crippen LogP contribution in [0, 0.1) is 10.1 Å². The van der Waals surface area contributed by atoms with Crippen molar-refractivity contribution in [2.24, 2.45) is 0 Å². The van der Waals surface area contributed by atoms with Crippen LogP contribution in [0.3, 0.4) is 0 Å². The van der Waals surface area contributed by atoms with Gasteiger partial charge in [0, 0.05) is 68.2 Å². The van der Waals surface area contributed by atoms with Gasteiger partial charge in [0.2, 0.25) is 0 Å². The highest BCUT2D eigenvalue weighted by Gasteiger charge is 2.20. The summed E-state index contributed by atoms with van der Waals surface area (Å²) < 4.78 is 14.2. The Balaban J connectivity index is 0.000000154. The molecule has 1 N–H and O–H groups in total. The second-order valence-electron chi connectivity index (χ2n) is 12.7. The van der Waals surface area contributed by atoms with Gasteiger partial charge < -0.3 is 29.5 Å². The van der Waals surface area contributed by atoms with Gasteiger partial charge in [0.25, 0.3) is 17.2 Å². The van der Waals surface area contributed by atoms with Gasteiger partial charge in [0.15, 0.2) is 11.6 Å². The zero-order valence-corrected chi connectivity index (χ0v) is 28.8. The van der Waals surface area contributed by atoms with E-state index >= 15 is 0 Å². The summed E-state index contributed by atoms with van der Waals surface area (Å²) in [7, 11) is 0. The Labute approximate surface area is 303 Å². The maximum atomic E-state index is 12.4. The molecule has 0 spiro atoms. The number of anilines is 3. The SMILES string of the molecule is O=C(Nc1cccc(-c2cnn3c(N4CCOCC4)cnc3n2)c1)N1CCCC1.O=[N+]([O-])c1cccc(-c2cnn3c(N4CCOCC4)cnc3n2)c1. The van der Waals surface area contributed by atoms with Crippen molar-refractivity contribution in [2.45, 2.75) is 12.8 Å². The predicted molar refractivity (Wildman–Crippen MR) is 195 cm³/mol. The number of morpholine rings is 2. The number of nitro benzene ring substituents is 1. The highest BCUT2D eigenvalue weighted by Crippen LogP contribution is 2.25. The van der Waals surface area contributed by atoms with E-state index in [9.17, 15) is 14.9 Å². The van der Waals surface area contributed by atoms with E-state index in [0.717, 1.165) is 75.0 Å². The molecule has 6 aromatic rings. The van der Waals surface area contributed by atoms with Crippen molar-refractivity contribution >= 4 is 40.6 Å². The molecule has 0 radical (unpaired) electrons. The number of fused-ring (bicyclic) bond motifs is 2. The van der Waals surface area contributed by atoms with Crippen LogP contribution in [0.5, 0.6) is 0 Å². The number of rotatable bonds is 6. The minimum atomic E-state index is -0.429. The number of amides is 2. The number of likely N-dealkylation sites (tertiary alicyclic amines) is 1. The van der Waals surface area contributed by atoms with E-state index < -0.39 is 4.92 Å². The van der Waals surface area contributed by atoms with Crippen LogP contribution in [0.2, 0.25) is 0 Å². The summed E-state index contributed by atoms with van der Waals surface area (Å²) in [5.74, 6) is 2.80. The van der Waals surface area contributed by atoms with Crippen LogP contribution in [0.15, 0.2) is 73.3 Å². The largest absolute Gasteiger partial charge is 0.378 e. The predicted octanol–water partition coefficient (Wildman–Crippen LogP) is 3.79. The molecule has 3 aliphatic rings. The Kier molecular flexibility index (Phi) is 9.67. The summed E-state index contributed by atoms with van der Waals surface area (Å²) >= 11 is 0. The van der Waals surface area contributed by atoms with Gasteiger partial charge >= 0.3 is 6.03 Å². The minimum Gasteiger partial charge on any atom is -0.378 e. The van der Waals surface area contributed by atoms with E-state index in [1.807, 2.05) is 29.2 Å². The number of nitro groups is 1. The average Bonchev–Trinajstić information content (AvgIpc) is 3.99. The number of hydrogen-bond acceptors (Lipinski definition) is 13. The molecule has 3 fully saturated rings. The third-order valence-electron chi connectivity index (χ3n) is 9.26. The lowest BCUT2D eigenvalue weighted by Crippen LogP contribution is -2.37. The Hall–Kier alpha value is -6.27. The average molecular weight is 720 g/mol. The summed E-state index contributed by atoms with van der Waals surface area (Å²) in [6.45, 7) is 7.58. The first-order valence-corrected chi connectivity index (χ1v) is 17.5. The maximum absolute atomic E-state index is 12.4. The molecule has 53 heavy (non-hydrogen) atoms. The summed E-state index contributed by atoms with van der Waals surface area (Å²) in [4.78, 5) is 46.9. The molecular formula is C35H37N13O5. The van der Waals surface area contributed by atoms with E-state index in [4.69, 9.17) is 9.47 Å². The minimum absolute atomic E-state index is 0.0199. The smallest absolute Gasteiger partial charge is 0.321 e. The number of aromatic nitrogens is 8. The zero-order chi connectivity index (χ0) is 36.1. The van der Waals surface area contributed by atoms with E-state index in [1.165, 1.54) is 12.1 Å². The third-order valence-corrected chi connectivity index (χ3v) is 9.26. The van der Waals surface area contributed by atoms with Gasteiger partial charge in [-0.05, 0) is 25.0 Å². The number of carbonyl (C=O) groups is 1. The molecule has 3 aliphatic heterocycles. The fourth-order valence-electron chi connectivity index (χ4n) is 6.48. The lowest BCUT2D eigenvalue weighted by Gasteiger charge is -2.27. The third kappa shape index (κ3) is 7.40. The van der Waals surface area contributed by atoms with Gasteiger partial charge in [-0.3, -0.25) is 10.1 Å². The molecule has 3 saturated heterocycles. The molecule has 2 amide bonds. The molecule has 4 aromatic heterocycles. The lowest BCUT2D eigenvalue weighted by atomic mass is 10.1. The van der Waals surface area contributed by atoms with Crippen molar-refractivity contribution in [1.29, 1.82) is 0 Å². The number of urea groups is 1. The van der Waals surface area contributed by atoms with E-state index in [1.54, 1.807) is 46.0 Å². The van der Waals surface area contributed by atoms with Gasteiger partial charge in [-0.25, -0.2) is 24.7 Å². The summed E-state index contributed by atoms with van der Waals surface area (Å²) in [5.41, 5.74) is 3.55. The Morgan fingerprint density at radius 1 is 0.698 bits per heavy atom. The first kappa shape index (κ1) is 33.9. The summed E-state index contributed by atoms with van der Waals surface area (Å²) in [6, 6.07) is 13.9. The second kappa shape index (κ2) is 15.1. The molecule has 18 heteroatoms. The van der Waals surface area contributed by atoms with E-state index in [-0.39, 0.29) is 11.7 Å². The molecule has 272 valence electrons. The van der Waals surface area contributed by atoms with Gasteiger partial charge in [-0.1, -0.05) is 24.3 Å². The number of nitrogens with zero attached hydrogens (tertiary/aromatic N) is 12. The topological polar surface area (TPSA) is 187 Å². The van der Waals surface area contributed by atoms with Crippen molar-refractivity contribution in [3.63, 3.8) is 0 Å². The molecule has 9 rings (SSSR count). The van der Waals surface area contributed by atoms with Crippen LogP contribution in [0.1, 0.15) is 12.8 Å². The molecule has 18 nitrogen and oxygen atoms in total. The zero-order valence-electron chi connectivity index (χ0n) is 28.8. The van der Waals surface area contributed by atoms with Crippen LogP contribution >= 0.6 is 0 Å². The summed E-state index contributed by atoms with van der Waals surface area (Å²) in [5, 5.41) is 22.9. The Morgan fingerprint density at radius 2 is 1.23 bits per heavy atom. The normalized spacial score (nSPS) is 16.1. The number of hydrogen-bond donors (Lipinski definition) is 1. The van der Waals surface area contributed by atoms with Crippen LogP contribution in [0.4, 0.5) is 27.8 Å². The van der Waals surface area contributed by atoms with Crippen molar-refractivity contribution < 1.29 is 19.2 Å². The lowest BCUT2D eigenvalue weighted by molar-refractivity contribution is -0.384. The quantitative estimate of drug-likeness (QED) is 0.194. The number of ether oxygens (including phenoxy) is 2. The number of benzene rings is 2. The number of nitrogens with one attached hydrogen (secondary N) is 1. The monoisotopic (exact) mass is 719 g/mol. The Morgan fingerprint density at radius 3 is 1.77 bits per heavy atom. The second-order valence-corrected chi connectivity index (χ2v) is 12.7. The molecule has 0 aliphatic carbocycles. The van der Waals surface area contributed by atoms with Crippen molar-refractivity contribution in [3.05, 3.63) is 83.4 Å². The number of imidazole rings is 2. The van der Waals surface area contributed by atoms with Crippen molar-refractivity contribution in [1.82, 2.24) is 44.1 Å². The summed E-state index contributed by atoms with van der Waals surface area (Å²) in [6.07, 6.45) is 9.01. The standard InChI is InChI=1S/C20H23N7O2.C15H14N6O3/c28-20(26-6-1-2-7-26)23-16-5-3-4-15(12-16)17-13-22-27-18(14-21-19(27)24-17)25-8-10-29-11-9-25;22-21(23)12-3-1-2-11(8-12)13-9-17-20-14(10-16-15(20)18-13)19-4-6-24-7-5-19/h3-5,12-14H,1-2,6-11H2,(H,23,28);1-3,8-10H,4-7H2. The van der Waals surface area contributed by atoms with Crippen molar-refractivity contribution in [2.75, 3.05) is 80.8 Å². The molecule has 0 atom stereocenters. The van der Waals surface area contributed by atoms with Crippen LogP contribution in [-0.2, 0) is 9.47 Å². The highest BCUT2D eigenvalue weighted by atomic mass is 16.6. The fraction of sp³-hybridized carbons (Fsp3) is 0.343. The molecular weight excluding hydrogens is 682 g/mol. The highest BCUT2D eigenvalue weighted by molar-refractivity contribution is 5.90. The Bertz CT molecular complexity index is 2240. The van der Waals surface area contributed by atoms with Crippen LogP contribution in [0.25, 0.3) is 34.1 Å². The molecule has 7 heterocycles. The molecule has 0 unspecified atom stereocenters. The van der Waals surface area contributed by atoms with Gasteiger partial charge in [0.1, 0.15) is 0 Å². The number of carbonyl (C=O) groups excluding carboxylic acids is 1. The van der Waals surface area contributed by atoms with Gasteiger partial charge in [0.05, 0.1) is 67.5 Å². The fourth-order valence-corrected chi connectivity index (χ4v) is 6.48. The molecule has 2 aromatic carbocycles. The molecule has 0 bridgehead atoms. The van der Waals surface area contributed by atoms with Gasteiger partial charge in [-0.15, -0.1) is 0 Å². The van der Waals surface area contributed by atoms with Gasteiger partial charge in [-0.2, -0.15) is 19.2 Å². The van der Waals surface area contributed by atoms with E-state index in [2.05, 4.69) is 45.2 Å². The molecule has 0 saturated carbocycles. The van der Waals surface area contributed by atoms with Crippen LogP contribution in [-0.4, -0.2) is 121 Å². The number of non-ortho nitro benzene ring substituents is 1. The maximum Gasteiger partial charge on any atom is 0.321 e. The van der Waals surface area contributed by atoms with Crippen molar-refractivity contribution in [3.8, 4) is 22.5 Å². The first-order chi connectivity index (χ1) is 26.0. The first-order valence-electron chi connectivity index (χ1n) is 17.5. The van der Waals surface area contributed by atoms with E-state index in [0.29, 0.717) is 54.9 Å².